The van der Waals surface area contributed by atoms with Crippen molar-refractivity contribution < 1.29 is 9.90 Å². The van der Waals surface area contributed by atoms with Crippen LogP contribution in [0.2, 0.25) is 0 Å². The van der Waals surface area contributed by atoms with Gasteiger partial charge in [0.1, 0.15) is 0 Å². The molecule has 2 N–H and O–H groups in total. The number of H-pyrrole nitrogens is 1. The molecule has 0 saturated heterocycles. The van der Waals surface area contributed by atoms with Crippen LogP contribution in [0.3, 0.4) is 0 Å². The molecular formula is C10H11N5O3. The first-order chi connectivity index (χ1) is 8.50. The topological polar surface area (TPSA) is 114 Å². The number of carbonyl (C=O) groups is 1. The van der Waals surface area contributed by atoms with E-state index >= 15 is 0 Å². The summed E-state index contributed by atoms with van der Waals surface area (Å²) < 4.78 is 1.10. The van der Waals surface area contributed by atoms with Gasteiger partial charge < -0.3 is 10.1 Å². The maximum Gasteiger partial charge on any atom is 0.328 e. The molecule has 8 nitrogen and oxygen atoms in total. The third kappa shape index (κ3) is 1.99. The van der Waals surface area contributed by atoms with Crippen molar-refractivity contribution in [3.8, 4) is 11.4 Å². The third-order valence-electron chi connectivity index (χ3n) is 2.52. The van der Waals surface area contributed by atoms with Gasteiger partial charge in [-0.2, -0.15) is 0 Å². The second-order valence-corrected chi connectivity index (χ2v) is 3.86. The number of hydrogen-bond acceptors (Lipinski definition) is 5. The Hall–Kier alpha value is -2.51. The van der Waals surface area contributed by atoms with Gasteiger partial charge in [-0.1, -0.05) is 0 Å². The maximum absolute atomic E-state index is 11.8. The van der Waals surface area contributed by atoms with E-state index in [0.29, 0.717) is 5.69 Å². The molecule has 1 atom stereocenters. The van der Waals surface area contributed by atoms with Crippen molar-refractivity contribution in [3.05, 3.63) is 28.2 Å². The van der Waals surface area contributed by atoms with E-state index in [1.165, 1.54) is 19.2 Å². The number of carboxylic acid groups (broad SMARTS) is 1. The van der Waals surface area contributed by atoms with Crippen molar-refractivity contribution in [1.82, 2.24) is 25.2 Å². The largest absolute Gasteiger partial charge is 0.480 e. The number of aromatic amines is 1. The number of aliphatic carboxylic acids is 1. The monoisotopic (exact) mass is 249 g/mol. The molecule has 0 aromatic carbocycles. The molecule has 8 heteroatoms. The van der Waals surface area contributed by atoms with E-state index in [0.717, 1.165) is 4.68 Å². The highest BCUT2D eigenvalue weighted by Gasteiger charge is 2.21. The van der Waals surface area contributed by atoms with Crippen molar-refractivity contribution >= 4 is 5.97 Å². The number of nitrogens with one attached hydrogen (secondary N) is 1. The highest BCUT2D eigenvalue weighted by molar-refractivity contribution is 5.72. The lowest BCUT2D eigenvalue weighted by molar-refractivity contribution is -0.140. The lowest BCUT2D eigenvalue weighted by atomic mass is 10.2. The summed E-state index contributed by atoms with van der Waals surface area (Å²) in [5.74, 6) is -0.946. The zero-order valence-corrected chi connectivity index (χ0v) is 9.78. The summed E-state index contributed by atoms with van der Waals surface area (Å²) in [5, 5.41) is 19.6. The second-order valence-electron chi connectivity index (χ2n) is 3.86. The Morgan fingerprint density at radius 1 is 1.56 bits per heavy atom. The van der Waals surface area contributed by atoms with Gasteiger partial charge in [-0.3, -0.25) is 4.79 Å². The van der Waals surface area contributed by atoms with E-state index < -0.39 is 12.0 Å². The molecule has 0 aliphatic rings. The smallest absolute Gasteiger partial charge is 0.328 e. The number of carboxylic acids is 1. The summed E-state index contributed by atoms with van der Waals surface area (Å²) in [7, 11) is 0. The van der Waals surface area contributed by atoms with Crippen molar-refractivity contribution in [2.24, 2.45) is 0 Å². The summed E-state index contributed by atoms with van der Waals surface area (Å²) in [6, 6.07) is 0.454. The van der Waals surface area contributed by atoms with Gasteiger partial charge in [-0.15, -0.1) is 5.10 Å². The summed E-state index contributed by atoms with van der Waals surface area (Å²) >= 11 is 0. The molecule has 18 heavy (non-hydrogen) atoms. The van der Waals surface area contributed by atoms with E-state index in [1.807, 2.05) is 0 Å². The molecule has 0 amide bonds. The molecule has 2 heterocycles. The fraction of sp³-hybridized carbons (Fsp3) is 0.300. The minimum Gasteiger partial charge on any atom is -0.480 e. The predicted octanol–water partition coefficient (Wildman–Crippen LogP) is -0.0176. The summed E-state index contributed by atoms with van der Waals surface area (Å²) in [6.07, 6.45) is 1.47. The Labute approximate surface area is 101 Å². The normalized spacial score (nSPS) is 12.3. The highest BCUT2D eigenvalue weighted by Crippen LogP contribution is 2.15. The van der Waals surface area contributed by atoms with Gasteiger partial charge in [0.25, 0.3) is 0 Å². The van der Waals surface area contributed by atoms with Crippen LogP contribution < -0.4 is 5.43 Å². The molecule has 94 valence electrons. The van der Waals surface area contributed by atoms with Gasteiger partial charge in [0.15, 0.2) is 17.3 Å². The van der Waals surface area contributed by atoms with Crippen LogP contribution in [0.5, 0.6) is 0 Å². The molecule has 0 bridgehead atoms. The number of tetrazole rings is 1. The van der Waals surface area contributed by atoms with E-state index in [-0.39, 0.29) is 16.8 Å². The zero-order chi connectivity index (χ0) is 13.3. The lowest BCUT2D eigenvalue weighted by Crippen LogP contribution is -2.19. The SMILES string of the molecule is Cc1cc(=O)c(-c2nnnn2C(C)C(=O)O)c[nH]1. The van der Waals surface area contributed by atoms with Crippen LogP contribution in [0.4, 0.5) is 0 Å². The van der Waals surface area contributed by atoms with Crippen LogP contribution >= 0.6 is 0 Å². The molecule has 1 unspecified atom stereocenters. The maximum atomic E-state index is 11.8. The van der Waals surface area contributed by atoms with Gasteiger partial charge >= 0.3 is 5.97 Å². The number of aryl methyl sites for hydroxylation is 1. The average molecular weight is 249 g/mol. The molecule has 2 rings (SSSR count). The number of hydrogen-bond donors (Lipinski definition) is 2. The number of nitrogens with zero attached hydrogens (tertiary/aromatic N) is 4. The fourth-order valence-corrected chi connectivity index (χ4v) is 1.48. The van der Waals surface area contributed by atoms with E-state index in [9.17, 15) is 9.59 Å². The van der Waals surface area contributed by atoms with Gasteiger partial charge in [0.05, 0.1) is 5.56 Å². The molecule has 2 aromatic heterocycles. The molecule has 0 aliphatic heterocycles. The van der Waals surface area contributed by atoms with Gasteiger partial charge in [0.2, 0.25) is 0 Å². The molecule has 0 radical (unpaired) electrons. The van der Waals surface area contributed by atoms with Crippen molar-refractivity contribution in [3.63, 3.8) is 0 Å². The molecule has 0 fully saturated rings. The second kappa shape index (κ2) is 4.40. The van der Waals surface area contributed by atoms with Gasteiger partial charge in [0, 0.05) is 18.0 Å². The Bertz CT molecular complexity index is 645. The van der Waals surface area contributed by atoms with Crippen LogP contribution in [0.25, 0.3) is 11.4 Å². The van der Waals surface area contributed by atoms with Crippen LogP contribution in [-0.4, -0.2) is 36.3 Å². The predicted molar refractivity (Wildman–Crippen MR) is 61.0 cm³/mol. The highest BCUT2D eigenvalue weighted by atomic mass is 16.4. The first kappa shape index (κ1) is 12.0. The number of pyridine rings is 1. The first-order valence-corrected chi connectivity index (χ1v) is 5.21. The van der Waals surface area contributed by atoms with Crippen molar-refractivity contribution in [2.45, 2.75) is 19.9 Å². The summed E-state index contributed by atoms with van der Waals surface area (Å²) in [6.45, 7) is 3.18. The van der Waals surface area contributed by atoms with Gasteiger partial charge in [-0.25, -0.2) is 9.48 Å². The number of aromatic nitrogens is 5. The Morgan fingerprint density at radius 3 is 2.89 bits per heavy atom. The zero-order valence-electron chi connectivity index (χ0n) is 9.78. The first-order valence-electron chi connectivity index (χ1n) is 5.21. The third-order valence-corrected chi connectivity index (χ3v) is 2.52. The van der Waals surface area contributed by atoms with Crippen LogP contribution in [0.1, 0.15) is 18.7 Å². The van der Waals surface area contributed by atoms with E-state index in [1.54, 1.807) is 6.92 Å². The Morgan fingerprint density at radius 2 is 2.28 bits per heavy atom. The Balaban J connectivity index is 2.56. The van der Waals surface area contributed by atoms with Crippen LogP contribution in [-0.2, 0) is 4.79 Å². The average Bonchev–Trinajstić information content (AvgIpc) is 2.76. The number of rotatable bonds is 3. The standard InChI is InChI=1S/C10H11N5O3/c1-5-3-8(16)7(4-11-5)9-12-13-14-15(9)6(2)10(17)18/h3-4,6H,1-2H3,(H,11,16)(H,17,18). The van der Waals surface area contributed by atoms with Crippen molar-refractivity contribution in [1.29, 1.82) is 0 Å². The van der Waals surface area contributed by atoms with Crippen molar-refractivity contribution in [2.75, 3.05) is 0 Å². The van der Waals surface area contributed by atoms with Crippen LogP contribution in [0.15, 0.2) is 17.1 Å². The molecular weight excluding hydrogens is 238 g/mol. The Kier molecular flexibility index (Phi) is 2.92. The molecule has 0 aliphatic carbocycles. The minimum atomic E-state index is -1.08. The molecule has 2 aromatic rings. The van der Waals surface area contributed by atoms with Gasteiger partial charge in [-0.05, 0) is 24.3 Å². The van der Waals surface area contributed by atoms with E-state index in [2.05, 4.69) is 20.5 Å². The fourth-order valence-electron chi connectivity index (χ4n) is 1.48. The molecule has 0 spiro atoms. The quantitative estimate of drug-likeness (QED) is 0.790. The lowest BCUT2D eigenvalue weighted by Gasteiger charge is -2.08. The summed E-state index contributed by atoms with van der Waals surface area (Å²) in [5.41, 5.74) is 0.674. The summed E-state index contributed by atoms with van der Waals surface area (Å²) in [4.78, 5) is 25.6. The van der Waals surface area contributed by atoms with E-state index in [4.69, 9.17) is 5.11 Å². The van der Waals surface area contributed by atoms with Crippen LogP contribution in [0, 0.1) is 6.92 Å². The minimum absolute atomic E-state index is 0.131. The molecule has 0 saturated carbocycles.